The van der Waals surface area contributed by atoms with Gasteiger partial charge in [-0.1, -0.05) is 11.8 Å². The van der Waals surface area contributed by atoms with E-state index in [0.29, 0.717) is 11.4 Å². The largest absolute Gasteiger partial charge is 0.444 e. The first-order valence-electron chi connectivity index (χ1n) is 6.77. The lowest BCUT2D eigenvalue weighted by Crippen LogP contribution is -2.28. The van der Waals surface area contributed by atoms with Crippen molar-refractivity contribution in [3.63, 3.8) is 0 Å². The Labute approximate surface area is 129 Å². The van der Waals surface area contributed by atoms with Crippen LogP contribution in [-0.4, -0.2) is 31.3 Å². The van der Waals surface area contributed by atoms with Gasteiger partial charge in [-0.05, 0) is 20.8 Å². The average molecular weight is 301 g/mol. The summed E-state index contributed by atoms with van der Waals surface area (Å²) in [6.45, 7) is 5.41. The molecule has 116 valence electrons. The summed E-state index contributed by atoms with van der Waals surface area (Å²) in [4.78, 5) is 11.9. The monoisotopic (exact) mass is 301 g/mol. The molecule has 0 aromatic carbocycles. The van der Waals surface area contributed by atoms with Crippen molar-refractivity contribution in [1.29, 1.82) is 0 Å². The number of amides is 1. The minimum Gasteiger partial charge on any atom is -0.444 e. The molecule has 0 fully saturated rings. The molecule has 1 N–H and O–H groups in total. The highest BCUT2D eigenvalue weighted by atomic mass is 16.6. The number of anilines is 1. The zero-order valence-electron chi connectivity index (χ0n) is 13.3. The Hall–Kier alpha value is -2.75. The summed E-state index contributed by atoms with van der Waals surface area (Å²) in [7, 11) is 3.55. The molecule has 7 heteroatoms. The summed E-state index contributed by atoms with van der Waals surface area (Å²) in [5, 5.41) is 10.8. The molecule has 0 aliphatic carbocycles. The van der Waals surface area contributed by atoms with Crippen molar-refractivity contribution in [3.05, 3.63) is 29.7 Å². The molecule has 0 saturated heterocycles. The summed E-state index contributed by atoms with van der Waals surface area (Å²) in [6, 6.07) is 0. The van der Waals surface area contributed by atoms with Crippen molar-refractivity contribution in [2.45, 2.75) is 26.4 Å². The molecule has 0 aliphatic heterocycles. The van der Waals surface area contributed by atoms with Crippen LogP contribution in [0.4, 0.5) is 10.6 Å². The highest BCUT2D eigenvalue weighted by Crippen LogP contribution is 2.15. The standard InChI is InChI=1S/C15H19N5O2/c1-15(2,3)22-14(21)18-13-12(9-17-20(13)5)7-6-11-8-16-19(4)10-11/h8-10H,1-5H3,(H,18,21). The first kappa shape index (κ1) is 15.6. The van der Waals surface area contributed by atoms with Crippen molar-refractivity contribution in [2.24, 2.45) is 14.1 Å². The summed E-state index contributed by atoms with van der Waals surface area (Å²) >= 11 is 0. The average Bonchev–Trinajstić information content (AvgIpc) is 2.93. The normalized spacial score (nSPS) is 10.8. The minimum atomic E-state index is -0.565. The van der Waals surface area contributed by atoms with Gasteiger partial charge in [-0.2, -0.15) is 10.2 Å². The third kappa shape index (κ3) is 4.12. The maximum absolute atomic E-state index is 11.9. The fourth-order valence-corrected chi connectivity index (χ4v) is 1.70. The number of aromatic nitrogens is 4. The quantitative estimate of drug-likeness (QED) is 0.816. The van der Waals surface area contributed by atoms with E-state index in [-0.39, 0.29) is 0 Å². The fourth-order valence-electron chi connectivity index (χ4n) is 1.70. The maximum atomic E-state index is 11.9. The summed E-state index contributed by atoms with van der Waals surface area (Å²) in [6.07, 6.45) is 4.53. The van der Waals surface area contributed by atoms with Crippen LogP contribution in [0.1, 0.15) is 31.9 Å². The van der Waals surface area contributed by atoms with Crippen LogP contribution in [-0.2, 0) is 18.8 Å². The first-order valence-corrected chi connectivity index (χ1v) is 6.77. The molecule has 2 rings (SSSR count). The number of carbonyl (C=O) groups excluding carboxylic acids is 1. The SMILES string of the molecule is Cn1cc(C#Cc2cnn(C)c2NC(=O)OC(C)(C)C)cn1. The Morgan fingerprint density at radius 1 is 1.23 bits per heavy atom. The van der Waals surface area contributed by atoms with E-state index < -0.39 is 11.7 Å². The van der Waals surface area contributed by atoms with Crippen LogP contribution in [0, 0.1) is 11.8 Å². The number of rotatable bonds is 1. The molecule has 0 radical (unpaired) electrons. The number of carbonyl (C=O) groups is 1. The van der Waals surface area contributed by atoms with E-state index in [2.05, 4.69) is 27.4 Å². The predicted octanol–water partition coefficient (Wildman–Crippen LogP) is 1.90. The second kappa shape index (κ2) is 5.93. The second-order valence-electron chi connectivity index (χ2n) is 5.81. The number of hydrogen-bond acceptors (Lipinski definition) is 4. The van der Waals surface area contributed by atoms with Crippen LogP contribution in [0.25, 0.3) is 0 Å². The number of hydrogen-bond donors (Lipinski definition) is 1. The number of nitrogens with zero attached hydrogens (tertiary/aromatic N) is 4. The zero-order chi connectivity index (χ0) is 16.3. The second-order valence-corrected chi connectivity index (χ2v) is 5.81. The number of aryl methyl sites for hydroxylation is 2. The minimum absolute atomic E-state index is 0.491. The van der Waals surface area contributed by atoms with E-state index >= 15 is 0 Å². The molecular weight excluding hydrogens is 282 g/mol. The summed E-state index contributed by atoms with van der Waals surface area (Å²) < 4.78 is 8.45. The molecule has 22 heavy (non-hydrogen) atoms. The highest BCUT2D eigenvalue weighted by Gasteiger charge is 2.18. The van der Waals surface area contributed by atoms with Gasteiger partial charge in [0.2, 0.25) is 0 Å². The zero-order valence-corrected chi connectivity index (χ0v) is 13.3. The van der Waals surface area contributed by atoms with Gasteiger partial charge in [0, 0.05) is 20.3 Å². The van der Waals surface area contributed by atoms with Crippen molar-refractivity contribution in [1.82, 2.24) is 19.6 Å². The molecule has 0 spiro atoms. The van der Waals surface area contributed by atoms with Gasteiger partial charge in [0.1, 0.15) is 11.4 Å². The lowest BCUT2D eigenvalue weighted by atomic mass is 10.2. The third-order valence-electron chi connectivity index (χ3n) is 2.60. The Morgan fingerprint density at radius 2 is 1.95 bits per heavy atom. The first-order chi connectivity index (χ1) is 10.2. The molecule has 0 unspecified atom stereocenters. The highest BCUT2D eigenvalue weighted by molar-refractivity contribution is 5.85. The van der Waals surface area contributed by atoms with Gasteiger partial charge in [-0.3, -0.25) is 14.7 Å². The summed E-state index contributed by atoms with van der Waals surface area (Å²) in [5.74, 6) is 6.44. The number of ether oxygens (including phenoxy) is 1. The van der Waals surface area contributed by atoms with E-state index in [0.717, 1.165) is 5.56 Å². The fraction of sp³-hybridized carbons (Fsp3) is 0.400. The Morgan fingerprint density at radius 3 is 2.55 bits per heavy atom. The molecular formula is C15H19N5O2. The lowest BCUT2D eigenvalue weighted by molar-refractivity contribution is 0.0634. The van der Waals surface area contributed by atoms with E-state index in [1.54, 1.807) is 44.9 Å². The Kier molecular flexibility index (Phi) is 4.22. The molecule has 2 aromatic rings. The Bertz CT molecular complexity index is 740. The van der Waals surface area contributed by atoms with E-state index in [1.807, 2.05) is 13.2 Å². The maximum Gasteiger partial charge on any atom is 0.413 e. The van der Waals surface area contributed by atoms with E-state index in [1.165, 1.54) is 4.68 Å². The molecule has 7 nitrogen and oxygen atoms in total. The number of nitrogens with one attached hydrogen (secondary N) is 1. The molecule has 2 heterocycles. The van der Waals surface area contributed by atoms with Crippen LogP contribution >= 0.6 is 0 Å². The molecule has 0 aliphatic rings. The van der Waals surface area contributed by atoms with Crippen molar-refractivity contribution < 1.29 is 9.53 Å². The van der Waals surface area contributed by atoms with E-state index in [9.17, 15) is 4.79 Å². The molecule has 2 aromatic heterocycles. The van der Waals surface area contributed by atoms with Gasteiger partial charge in [0.15, 0.2) is 0 Å². The van der Waals surface area contributed by atoms with Crippen molar-refractivity contribution in [3.8, 4) is 11.8 Å². The lowest BCUT2D eigenvalue weighted by Gasteiger charge is -2.19. The van der Waals surface area contributed by atoms with Gasteiger partial charge in [0.25, 0.3) is 0 Å². The Balaban J connectivity index is 2.18. The topological polar surface area (TPSA) is 74.0 Å². The van der Waals surface area contributed by atoms with Gasteiger partial charge in [0.05, 0.1) is 23.5 Å². The van der Waals surface area contributed by atoms with Crippen LogP contribution < -0.4 is 5.32 Å². The molecule has 0 atom stereocenters. The van der Waals surface area contributed by atoms with Crippen molar-refractivity contribution >= 4 is 11.9 Å². The molecule has 1 amide bonds. The van der Waals surface area contributed by atoms with E-state index in [4.69, 9.17) is 4.74 Å². The smallest absolute Gasteiger partial charge is 0.413 e. The molecule has 0 saturated carbocycles. The van der Waals surface area contributed by atoms with Gasteiger partial charge in [-0.15, -0.1) is 0 Å². The predicted molar refractivity (Wildman–Crippen MR) is 82.3 cm³/mol. The third-order valence-corrected chi connectivity index (χ3v) is 2.60. The van der Waals surface area contributed by atoms with Crippen LogP contribution in [0.5, 0.6) is 0 Å². The van der Waals surface area contributed by atoms with Gasteiger partial charge >= 0.3 is 6.09 Å². The van der Waals surface area contributed by atoms with Crippen LogP contribution in [0.15, 0.2) is 18.6 Å². The van der Waals surface area contributed by atoms with Crippen molar-refractivity contribution in [2.75, 3.05) is 5.32 Å². The van der Waals surface area contributed by atoms with Gasteiger partial charge in [-0.25, -0.2) is 4.79 Å². The van der Waals surface area contributed by atoms with Crippen LogP contribution in [0.2, 0.25) is 0 Å². The molecule has 0 bridgehead atoms. The van der Waals surface area contributed by atoms with Gasteiger partial charge < -0.3 is 4.74 Å². The van der Waals surface area contributed by atoms with Crippen LogP contribution in [0.3, 0.4) is 0 Å². The summed E-state index contributed by atoms with van der Waals surface area (Å²) in [5.41, 5.74) is 0.830.